The van der Waals surface area contributed by atoms with Gasteiger partial charge in [0.1, 0.15) is 17.1 Å². The lowest BCUT2D eigenvalue weighted by molar-refractivity contribution is -0.122. The fourth-order valence-corrected chi connectivity index (χ4v) is 2.71. The van der Waals surface area contributed by atoms with Crippen molar-refractivity contribution in [3.05, 3.63) is 64.5 Å². The maximum absolute atomic E-state index is 12.8. The number of carbonyl (C=O) groups is 1. The van der Waals surface area contributed by atoms with Gasteiger partial charge in [-0.15, -0.1) is 0 Å². The first kappa shape index (κ1) is 21.2. The van der Waals surface area contributed by atoms with Gasteiger partial charge in [0.2, 0.25) is 5.43 Å². The van der Waals surface area contributed by atoms with E-state index >= 15 is 0 Å². The third kappa shape index (κ3) is 5.20. The molecule has 0 radical (unpaired) electrons. The van der Waals surface area contributed by atoms with E-state index in [4.69, 9.17) is 9.15 Å². The Labute approximate surface area is 164 Å². The zero-order valence-electron chi connectivity index (χ0n) is 16.7. The van der Waals surface area contributed by atoms with Crippen molar-refractivity contribution in [3.8, 4) is 16.9 Å². The second kappa shape index (κ2) is 10.3. The van der Waals surface area contributed by atoms with E-state index in [1.807, 2.05) is 51.4 Å². The van der Waals surface area contributed by atoms with Gasteiger partial charge in [0.15, 0.2) is 6.61 Å². The molecule has 0 saturated heterocycles. The van der Waals surface area contributed by atoms with Gasteiger partial charge in [0.25, 0.3) is 5.91 Å². The molecule has 0 aliphatic rings. The number of fused-ring (bicyclic) bond motifs is 1. The third-order valence-corrected chi connectivity index (χ3v) is 3.85. The van der Waals surface area contributed by atoms with Crippen molar-refractivity contribution in [2.24, 2.45) is 0 Å². The number of ether oxygens (including phenoxy) is 1. The van der Waals surface area contributed by atoms with Crippen molar-refractivity contribution in [2.45, 2.75) is 13.8 Å². The molecule has 3 rings (SSSR count). The molecule has 0 atom stereocenters. The zero-order valence-corrected chi connectivity index (χ0v) is 16.7. The smallest absolute Gasteiger partial charge is 0.257 e. The Kier molecular flexibility index (Phi) is 7.77. The van der Waals surface area contributed by atoms with E-state index in [9.17, 15) is 9.59 Å². The normalized spacial score (nSPS) is 10.1. The van der Waals surface area contributed by atoms with Gasteiger partial charge in [-0.05, 0) is 45.6 Å². The summed E-state index contributed by atoms with van der Waals surface area (Å²) in [6, 6.07) is 14.4. The second-order valence-electron chi connectivity index (χ2n) is 6.13. The molecule has 3 aromatic rings. The van der Waals surface area contributed by atoms with Crippen LogP contribution in [0.25, 0.3) is 22.1 Å². The minimum Gasteiger partial charge on any atom is -0.484 e. The minimum absolute atomic E-state index is 0.0787. The third-order valence-electron chi connectivity index (χ3n) is 3.85. The number of rotatable bonds is 5. The van der Waals surface area contributed by atoms with Crippen LogP contribution in [0.3, 0.4) is 0 Å². The van der Waals surface area contributed by atoms with Gasteiger partial charge in [0, 0.05) is 12.6 Å². The summed E-state index contributed by atoms with van der Waals surface area (Å²) in [5.74, 6) is 0.831. The number of amides is 1. The highest BCUT2D eigenvalue weighted by Gasteiger charge is 2.14. The molecule has 0 aliphatic heterocycles. The molecular formula is C22H26N2O4. The van der Waals surface area contributed by atoms with Gasteiger partial charge in [0.05, 0.1) is 10.9 Å². The first-order valence-electron chi connectivity index (χ1n) is 9.12. The lowest BCUT2D eigenvalue weighted by Crippen LogP contribution is -2.28. The summed E-state index contributed by atoms with van der Waals surface area (Å²) in [6.45, 7) is 4.09. The van der Waals surface area contributed by atoms with E-state index in [1.165, 1.54) is 0 Å². The average molecular weight is 382 g/mol. The summed E-state index contributed by atoms with van der Waals surface area (Å²) in [5, 5.41) is 5.89. The Morgan fingerprint density at radius 3 is 2.43 bits per heavy atom. The average Bonchev–Trinajstić information content (AvgIpc) is 2.68. The van der Waals surface area contributed by atoms with Gasteiger partial charge >= 0.3 is 0 Å². The molecule has 0 saturated carbocycles. The van der Waals surface area contributed by atoms with Gasteiger partial charge in [-0.1, -0.05) is 30.3 Å². The molecule has 0 fully saturated rings. The standard InChI is InChI=1S/C20H19NO4.C2H7N/c1-3-21-18(22)12-24-15-9-10-16-17(11-15)25-13(2)19(20(16)23)14-7-5-4-6-8-14;1-3-2/h4-11H,3,12H2,1-2H3,(H,21,22);3H,1-2H3. The Balaban J connectivity index is 0.000000878. The summed E-state index contributed by atoms with van der Waals surface area (Å²) in [4.78, 5) is 24.3. The minimum atomic E-state index is -0.195. The van der Waals surface area contributed by atoms with Crippen LogP contribution in [0, 0.1) is 6.92 Å². The Hall–Kier alpha value is -3.12. The van der Waals surface area contributed by atoms with Crippen molar-refractivity contribution < 1.29 is 13.9 Å². The summed E-state index contributed by atoms with van der Waals surface area (Å²) in [7, 11) is 3.75. The number of aryl methyl sites for hydroxylation is 1. The van der Waals surface area contributed by atoms with E-state index in [2.05, 4.69) is 10.6 Å². The molecule has 1 aromatic heterocycles. The Morgan fingerprint density at radius 1 is 1.11 bits per heavy atom. The first-order chi connectivity index (χ1) is 13.5. The SMILES string of the molecule is CCNC(=O)COc1ccc2c(=O)c(-c3ccccc3)c(C)oc2c1.CNC. The van der Waals surface area contributed by atoms with Crippen LogP contribution < -0.4 is 20.8 Å². The van der Waals surface area contributed by atoms with Crippen molar-refractivity contribution in [1.82, 2.24) is 10.6 Å². The van der Waals surface area contributed by atoms with Gasteiger partial charge < -0.3 is 19.8 Å². The summed E-state index contributed by atoms with van der Waals surface area (Å²) >= 11 is 0. The number of hydrogen-bond donors (Lipinski definition) is 2. The first-order valence-corrected chi connectivity index (χ1v) is 9.12. The molecule has 2 aromatic carbocycles. The monoisotopic (exact) mass is 382 g/mol. The Morgan fingerprint density at radius 2 is 1.79 bits per heavy atom. The molecule has 6 nitrogen and oxygen atoms in total. The molecule has 2 N–H and O–H groups in total. The predicted molar refractivity (Wildman–Crippen MR) is 112 cm³/mol. The number of hydrogen-bond acceptors (Lipinski definition) is 5. The zero-order chi connectivity index (χ0) is 20.5. The van der Waals surface area contributed by atoms with Crippen LogP contribution in [0.1, 0.15) is 12.7 Å². The highest BCUT2D eigenvalue weighted by atomic mass is 16.5. The molecular weight excluding hydrogens is 356 g/mol. The van der Waals surface area contributed by atoms with Crippen molar-refractivity contribution in [3.63, 3.8) is 0 Å². The van der Waals surface area contributed by atoms with E-state index in [1.54, 1.807) is 25.1 Å². The highest BCUT2D eigenvalue weighted by Crippen LogP contribution is 2.26. The van der Waals surface area contributed by atoms with Crippen molar-refractivity contribution in [1.29, 1.82) is 0 Å². The van der Waals surface area contributed by atoms with Crippen LogP contribution in [0.5, 0.6) is 5.75 Å². The summed E-state index contributed by atoms with van der Waals surface area (Å²) in [5.41, 5.74) is 1.74. The lowest BCUT2D eigenvalue weighted by Gasteiger charge is -2.09. The fourth-order valence-electron chi connectivity index (χ4n) is 2.71. The summed E-state index contributed by atoms with van der Waals surface area (Å²) in [6.07, 6.45) is 0. The van der Waals surface area contributed by atoms with Crippen LogP contribution in [0.15, 0.2) is 57.7 Å². The van der Waals surface area contributed by atoms with Crippen LogP contribution in [-0.4, -0.2) is 33.2 Å². The topological polar surface area (TPSA) is 80.6 Å². The molecule has 6 heteroatoms. The molecule has 1 amide bonds. The van der Waals surface area contributed by atoms with Gasteiger partial charge in [-0.25, -0.2) is 0 Å². The molecule has 28 heavy (non-hydrogen) atoms. The van der Waals surface area contributed by atoms with E-state index < -0.39 is 0 Å². The maximum atomic E-state index is 12.8. The highest BCUT2D eigenvalue weighted by molar-refractivity contribution is 5.84. The number of carbonyl (C=O) groups excluding carboxylic acids is 1. The quantitative estimate of drug-likeness (QED) is 0.709. The van der Waals surface area contributed by atoms with E-state index in [-0.39, 0.29) is 17.9 Å². The Bertz CT molecular complexity index is 981. The van der Waals surface area contributed by atoms with Crippen LogP contribution in [0.2, 0.25) is 0 Å². The lowest BCUT2D eigenvalue weighted by atomic mass is 10.0. The second-order valence-corrected chi connectivity index (χ2v) is 6.13. The molecule has 0 aliphatic carbocycles. The predicted octanol–water partition coefficient (Wildman–Crippen LogP) is 3.12. The van der Waals surface area contributed by atoms with Crippen LogP contribution in [0.4, 0.5) is 0 Å². The van der Waals surface area contributed by atoms with Crippen LogP contribution in [-0.2, 0) is 4.79 Å². The molecule has 1 heterocycles. The molecule has 0 unspecified atom stereocenters. The van der Waals surface area contributed by atoms with Gasteiger partial charge in [-0.2, -0.15) is 0 Å². The number of nitrogens with one attached hydrogen (secondary N) is 2. The molecule has 0 spiro atoms. The number of likely N-dealkylation sites (N-methyl/N-ethyl adjacent to an activating group) is 1. The van der Waals surface area contributed by atoms with E-state index in [0.29, 0.717) is 34.6 Å². The maximum Gasteiger partial charge on any atom is 0.257 e. The molecule has 148 valence electrons. The van der Waals surface area contributed by atoms with E-state index in [0.717, 1.165) is 5.56 Å². The van der Waals surface area contributed by atoms with Crippen molar-refractivity contribution in [2.75, 3.05) is 27.2 Å². The molecule has 0 bridgehead atoms. The van der Waals surface area contributed by atoms with Crippen LogP contribution >= 0.6 is 0 Å². The van der Waals surface area contributed by atoms with Crippen molar-refractivity contribution >= 4 is 16.9 Å². The fraction of sp³-hybridized carbons (Fsp3) is 0.273. The summed E-state index contributed by atoms with van der Waals surface area (Å²) < 4.78 is 11.3. The van der Waals surface area contributed by atoms with Gasteiger partial charge in [-0.3, -0.25) is 9.59 Å². The largest absolute Gasteiger partial charge is 0.484 e. The number of benzene rings is 2.